The molecule has 514 valence electrons. The van der Waals surface area contributed by atoms with Crippen molar-refractivity contribution in [1.82, 2.24) is 0 Å². The molecule has 0 N–H and O–H groups in total. The van der Waals surface area contributed by atoms with Crippen LogP contribution in [0.15, 0.2) is 24.3 Å². The maximum Gasteiger partial charge on any atom is 0.306 e. The van der Waals surface area contributed by atoms with E-state index < -0.39 is 24.3 Å². The highest BCUT2D eigenvalue weighted by Gasteiger charge is 2.22. The average Bonchev–Trinajstić information content (AvgIpc) is 3.59. The molecule has 9 nitrogen and oxygen atoms in total. The lowest BCUT2D eigenvalue weighted by molar-refractivity contribution is -0.870. The van der Waals surface area contributed by atoms with Gasteiger partial charge < -0.3 is 33.3 Å². The summed E-state index contributed by atoms with van der Waals surface area (Å²) in [6.45, 7) is 4.83. The zero-order valence-electron chi connectivity index (χ0n) is 58.9. The van der Waals surface area contributed by atoms with Gasteiger partial charge in [0.2, 0.25) is 0 Å². The Morgan fingerprint density at radius 1 is 0.345 bits per heavy atom. The van der Waals surface area contributed by atoms with E-state index in [9.17, 15) is 19.5 Å². The van der Waals surface area contributed by atoms with Gasteiger partial charge in [-0.05, 0) is 44.9 Å². The molecule has 0 spiro atoms. The molecule has 0 saturated heterocycles. The summed E-state index contributed by atoms with van der Waals surface area (Å²) in [4.78, 5) is 37.6. The lowest BCUT2D eigenvalue weighted by atomic mass is 10.0. The van der Waals surface area contributed by atoms with E-state index in [0.29, 0.717) is 17.4 Å². The van der Waals surface area contributed by atoms with Crippen molar-refractivity contribution in [3.63, 3.8) is 0 Å². The smallest absolute Gasteiger partial charge is 0.306 e. The van der Waals surface area contributed by atoms with E-state index in [4.69, 9.17) is 18.9 Å². The van der Waals surface area contributed by atoms with Gasteiger partial charge in [-0.2, -0.15) is 0 Å². The molecule has 0 aromatic heterocycles. The normalized spacial score (nSPS) is 12.7. The number of hydrogen-bond acceptors (Lipinski definition) is 8. The standard InChI is InChI=1S/C78H149NO8/c1-6-8-10-12-14-16-18-20-22-24-26-28-30-32-34-36-37-38-39-41-43-45-47-49-51-53-55-57-59-61-63-65-67-69-76(81)87-74(73-86-78(77(82)83)84-71-70-79(3,4)5)72-85-75(80)68-66-64-62-60-58-56-54-52-50-48-46-44-42-40-35-33-31-29-27-25-23-21-19-17-15-13-11-9-7-2/h18,20,24,26,74,78H,6-17,19,21-23,25,27-73H2,1-5H3/b20-18-,26-24-. The van der Waals surface area contributed by atoms with Crippen molar-refractivity contribution < 1.29 is 42.9 Å². The van der Waals surface area contributed by atoms with Crippen LogP contribution in [0.1, 0.15) is 399 Å². The Bertz CT molecular complexity index is 1480. The minimum atomic E-state index is -1.62. The zero-order valence-corrected chi connectivity index (χ0v) is 58.9. The summed E-state index contributed by atoms with van der Waals surface area (Å²) >= 11 is 0. The topological polar surface area (TPSA) is 111 Å². The van der Waals surface area contributed by atoms with E-state index in [0.717, 1.165) is 44.9 Å². The largest absolute Gasteiger partial charge is 0.545 e. The highest BCUT2D eigenvalue weighted by atomic mass is 16.7. The third kappa shape index (κ3) is 71.1. The first-order chi connectivity index (χ1) is 42.6. The Kier molecular flexibility index (Phi) is 67.9. The van der Waals surface area contributed by atoms with Crippen LogP contribution in [0.4, 0.5) is 0 Å². The molecule has 0 bridgehead atoms. The third-order valence-electron chi connectivity index (χ3n) is 17.7. The number of unbranched alkanes of at least 4 members (excludes halogenated alkanes) is 54. The van der Waals surface area contributed by atoms with Gasteiger partial charge in [0.25, 0.3) is 0 Å². The molecule has 0 amide bonds. The van der Waals surface area contributed by atoms with Crippen molar-refractivity contribution in [1.29, 1.82) is 0 Å². The summed E-state index contributed by atoms with van der Waals surface area (Å²) in [5.74, 6) is -2.25. The number of esters is 2. The molecule has 0 rings (SSSR count). The van der Waals surface area contributed by atoms with Gasteiger partial charge in [-0.25, -0.2) is 0 Å². The number of allylic oxidation sites excluding steroid dienone is 4. The number of hydrogen-bond donors (Lipinski definition) is 0. The van der Waals surface area contributed by atoms with Crippen molar-refractivity contribution in [3.05, 3.63) is 24.3 Å². The van der Waals surface area contributed by atoms with E-state index in [2.05, 4.69) is 38.2 Å². The van der Waals surface area contributed by atoms with Gasteiger partial charge in [-0.1, -0.05) is 366 Å². The van der Waals surface area contributed by atoms with E-state index in [1.165, 1.54) is 327 Å². The van der Waals surface area contributed by atoms with Crippen molar-refractivity contribution in [3.8, 4) is 0 Å². The van der Waals surface area contributed by atoms with Crippen LogP contribution >= 0.6 is 0 Å². The summed E-state index contributed by atoms with van der Waals surface area (Å²) in [6, 6.07) is 0. The van der Waals surface area contributed by atoms with Crippen LogP contribution in [0.25, 0.3) is 0 Å². The molecule has 0 fully saturated rings. The van der Waals surface area contributed by atoms with Gasteiger partial charge in [-0.3, -0.25) is 9.59 Å². The second kappa shape index (κ2) is 69.7. The number of aliphatic carboxylic acids is 1. The van der Waals surface area contributed by atoms with E-state index in [1.807, 2.05) is 21.1 Å². The summed E-state index contributed by atoms with van der Waals surface area (Å²) in [5.41, 5.74) is 0. The number of nitrogens with zero attached hydrogens (tertiary/aromatic N) is 1. The number of rotatable bonds is 73. The number of carboxylic acids is 1. The fourth-order valence-corrected chi connectivity index (χ4v) is 11.8. The first-order valence-electron chi connectivity index (χ1n) is 38.5. The second-order valence-corrected chi connectivity index (χ2v) is 27.7. The fraction of sp³-hybridized carbons (Fsp3) is 0.910. The molecule has 2 atom stereocenters. The predicted octanol–water partition coefficient (Wildman–Crippen LogP) is 22.8. The van der Waals surface area contributed by atoms with Crippen molar-refractivity contribution >= 4 is 17.9 Å². The van der Waals surface area contributed by atoms with Gasteiger partial charge in [0.1, 0.15) is 13.2 Å². The Morgan fingerprint density at radius 2 is 0.621 bits per heavy atom. The van der Waals surface area contributed by atoms with Crippen LogP contribution in [0, 0.1) is 0 Å². The minimum absolute atomic E-state index is 0.152. The van der Waals surface area contributed by atoms with Crippen LogP contribution in [-0.4, -0.2) is 82.3 Å². The third-order valence-corrected chi connectivity index (χ3v) is 17.7. The molecule has 0 heterocycles. The molecule has 0 aromatic rings. The lowest BCUT2D eigenvalue weighted by Crippen LogP contribution is -2.44. The van der Waals surface area contributed by atoms with Crippen molar-refractivity contribution in [2.45, 2.75) is 411 Å². The van der Waals surface area contributed by atoms with Gasteiger partial charge in [-0.15, -0.1) is 0 Å². The number of carboxylic acid groups (broad SMARTS) is 1. The Morgan fingerprint density at radius 3 is 0.908 bits per heavy atom. The van der Waals surface area contributed by atoms with Gasteiger partial charge in [0.05, 0.1) is 40.3 Å². The number of likely N-dealkylation sites (N-methyl/N-ethyl adjacent to an activating group) is 1. The number of carbonyl (C=O) groups is 3. The summed E-state index contributed by atoms with van der Waals surface area (Å²) in [5, 5.41) is 11.8. The summed E-state index contributed by atoms with van der Waals surface area (Å²) < 4.78 is 22.9. The van der Waals surface area contributed by atoms with Crippen LogP contribution in [0.3, 0.4) is 0 Å². The number of carbonyl (C=O) groups excluding carboxylic acids is 3. The van der Waals surface area contributed by atoms with Crippen molar-refractivity contribution in [2.75, 3.05) is 47.5 Å². The van der Waals surface area contributed by atoms with Crippen LogP contribution < -0.4 is 5.11 Å². The molecule has 0 aliphatic rings. The molecule has 9 heteroatoms. The molecule has 87 heavy (non-hydrogen) atoms. The molecule has 0 aliphatic carbocycles. The molecule has 0 saturated carbocycles. The molecule has 0 radical (unpaired) electrons. The maximum absolute atomic E-state index is 13.0. The van der Waals surface area contributed by atoms with Gasteiger partial charge in [0, 0.05) is 12.8 Å². The van der Waals surface area contributed by atoms with Gasteiger partial charge >= 0.3 is 11.9 Å². The fourth-order valence-electron chi connectivity index (χ4n) is 11.8. The predicted molar refractivity (Wildman–Crippen MR) is 371 cm³/mol. The highest BCUT2D eigenvalue weighted by molar-refractivity contribution is 5.70. The van der Waals surface area contributed by atoms with Crippen LogP contribution in [-0.2, 0) is 33.3 Å². The Balaban J connectivity index is 3.99. The Labute approximate surface area is 541 Å². The monoisotopic (exact) mass is 1230 g/mol. The number of ether oxygens (including phenoxy) is 4. The van der Waals surface area contributed by atoms with E-state index >= 15 is 0 Å². The quantitative estimate of drug-likeness (QED) is 0.0195. The molecule has 0 aromatic carbocycles. The number of quaternary nitrogens is 1. The first kappa shape index (κ1) is 84.8. The summed E-state index contributed by atoms with van der Waals surface area (Å²) in [6.07, 6.45) is 84.4. The zero-order chi connectivity index (χ0) is 63.3. The summed E-state index contributed by atoms with van der Waals surface area (Å²) in [7, 11) is 5.95. The molecule has 0 aliphatic heterocycles. The lowest BCUT2D eigenvalue weighted by Gasteiger charge is -2.26. The van der Waals surface area contributed by atoms with Crippen LogP contribution in [0.2, 0.25) is 0 Å². The van der Waals surface area contributed by atoms with E-state index in [1.54, 1.807) is 0 Å². The molecular formula is C78H149NO8. The second-order valence-electron chi connectivity index (χ2n) is 27.7. The first-order valence-corrected chi connectivity index (χ1v) is 38.5. The SMILES string of the molecule is CCCCCCC/C=C\C/C=C\CCCCCCCCCCCCCCCCCCCCCCCC(=O)OC(COC(=O)CCCCCCCCCCCCCCCCCCCCCCCCCCCCCCC)COC(OCC[N+](C)(C)C)C(=O)[O-]. The molecular weight excluding hydrogens is 1080 g/mol. The van der Waals surface area contributed by atoms with E-state index in [-0.39, 0.29) is 32.2 Å². The Hall–Kier alpha value is -2.23. The van der Waals surface area contributed by atoms with Crippen LogP contribution in [0.5, 0.6) is 0 Å². The molecule has 2 unspecified atom stereocenters. The van der Waals surface area contributed by atoms with Crippen molar-refractivity contribution in [2.24, 2.45) is 0 Å². The minimum Gasteiger partial charge on any atom is -0.545 e. The average molecular weight is 1230 g/mol. The van der Waals surface area contributed by atoms with Gasteiger partial charge in [0.15, 0.2) is 12.4 Å². The maximum atomic E-state index is 13.0. The highest BCUT2D eigenvalue weighted by Crippen LogP contribution is 2.20.